The lowest BCUT2D eigenvalue weighted by Crippen LogP contribution is -2.24. The summed E-state index contributed by atoms with van der Waals surface area (Å²) < 4.78 is 5.09. The molecule has 3 nitrogen and oxygen atoms in total. The van der Waals surface area contributed by atoms with Crippen molar-refractivity contribution >= 4 is 5.69 Å². The highest BCUT2D eigenvalue weighted by Gasteiger charge is 2.17. The van der Waals surface area contributed by atoms with Gasteiger partial charge in [-0.2, -0.15) is 5.26 Å². The molecule has 1 N–H and O–H groups in total. The maximum absolute atomic E-state index is 8.98. The van der Waals surface area contributed by atoms with Gasteiger partial charge in [0.05, 0.1) is 11.3 Å². The molecule has 0 aliphatic carbocycles. The highest BCUT2D eigenvalue weighted by atomic mass is 16.5. The van der Waals surface area contributed by atoms with Gasteiger partial charge in [0, 0.05) is 20.3 Å². The third-order valence-corrected chi connectivity index (χ3v) is 2.79. The number of nitrogens with one attached hydrogen (secondary N) is 1. The quantitative estimate of drug-likeness (QED) is 0.820. The molecule has 0 saturated carbocycles. The zero-order valence-electron chi connectivity index (χ0n) is 10.8. The van der Waals surface area contributed by atoms with Crippen LogP contribution in [-0.4, -0.2) is 20.3 Å². The Kier molecular flexibility index (Phi) is 4.99. The van der Waals surface area contributed by atoms with E-state index in [-0.39, 0.29) is 5.41 Å². The lowest BCUT2D eigenvalue weighted by atomic mass is 9.89. The summed E-state index contributed by atoms with van der Waals surface area (Å²) in [5.74, 6) is 0. The molecule has 0 saturated heterocycles. The van der Waals surface area contributed by atoms with Gasteiger partial charge in [-0.05, 0) is 24.0 Å². The van der Waals surface area contributed by atoms with Crippen LogP contribution in [0.3, 0.4) is 0 Å². The first-order valence-electron chi connectivity index (χ1n) is 5.81. The lowest BCUT2D eigenvalue weighted by molar-refractivity contribution is 0.157. The van der Waals surface area contributed by atoms with Crippen molar-refractivity contribution in [3.8, 4) is 6.07 Å². The number of para-hydroxylation sites is 1. The zero-order chi connectivity index (χ0) is 12.7. The van der Waals surface area contributed by atoms with Crippen LogP contribution in [0, 0.1) is 16.7 Å². The van der Waals surface area contributed by atoms with Gasteiger partial charge in [0.15, 0.2) is 0 Å². The van der Waals surface area contributed by atoms with Crippen LogP contribution in [0.25, 0.3) is 0 Å². The summed E-state index contributed by atoms with van der Waals surface area (Å²) >= 11 is 0. The molecule has 17 heavy (non-hydrogen) atoms. The molecule has 0 radical (unpaired) electrons. The van der Waals surface area contributed by atoms with Crippen molar-refractivity contribution in [2.75, 3.05) is 25.6 Å². The van der Waals surface area contributed by atoms with Crippen LogP contribution in [0.15, 0.2) is 24.3 Å². The standard InChI is InChI=1S/C14H20N2O/c1-14(2,8-9-17-3)11-16-13-7-5-4-6-12(13)10-15/h4-7,16H,8-9,11H2,1-3H3. The Bertz CT molecular complexity index is 393. The number of nitrogens with zero attached hydrogens (tertiary/aromatic N) is 1. The van der Waals surface area contributed by atoms with Gasteiger partial charge in [-0.15, -0.1) is 0 Å². The van der Waals surface area contributed by atoms with Gasteiger partial charge in [0.25, 0.3) is 0 Å². The van der Waals surface area contributed by atoms with Crippen LogP contribution in [-0.2, 0) is 4.74 Å². The molecule has 0 heterocycles. The molecular formula is C14H20N2O. The maximum Gasteiger partial charge on any atom is 0.101 e. The molecule has 0 atom stereocenters. The van der Waals surface area contributed by atoms with E-state index in [1.165, 1.54) is 0 Å². The van der Waals surface area contributed by atoms with E-state index in [9.17, 15) is 0 Å². The van der Waals surface area contributed by atoms with Crippen molar-refractivity contribution in [3.05, 3.63) is 29.8 Å². The summed E-state index contributed by atoms with van der Waals surface area (Å²) in [7, 11) is 1.72. The molecule has 92 valence electrons. The van der Waals surface area contributed by atoms with E-state index < -0.39 is 0 Å². The van der Waals surface area contributed by atoms with Crippen LogP contribution < -0.4 is 5.32 Å². The first-order valence-corrected chi connectivity index (χ1v) is 5.81. The van der Waals surface area contributed by atoms with Crippen molar-refractivity contribution in [2.24, 2.45) is 5.41 Å². The molecule has 1 rings (SSSR count). The zero-order valence-corrected chi connectivity index (χ0v) is 10.8. The maximum atomic E-state index is 8.98. The minimum atomic E-state index is 0.151. The van der Waals surface area contributed by atoms with Crippen molar-refractivity contribution in [1.82, 2.24) is 0 Å². The molecule has 1 aromatic rings. The van der Waals surface area contributed by atoms with Gasteiger partial charge >= 0.3 is 0 Å². The van der Waals surface area contributed by atoms with E-state index in [2.05, 4.69) is 25.2 Å². The SMILES string of the molecule is COCCC(C)(C)CNc1ccccc1C#N. The van der Waals surface area contributed by atoms with E-state index in [0.29, 0.717) is 5.56 Å². The second-order valence-corrected chi connectivity index (χ2v) is 4.92. The summed E-state index contributed by atoms with van der Waals surface area (Å²) in [6.07, 6.45) is 0.991. The number of methoxy groups -OCH3 is 1. The second-order valence-electron chi connectivity index (χ2n) is 4.92. The largest absolute Gasteiger partial charge is 0.385 e. The van der Waals surface area contributed by atoms with Crippen molar-refractivity contribution in [3.63, 3.8) is 0 Å². The Hall–Kier alpha value is -1.53. The van der Waals surface area contributed by atoms with E-state index in [4.69, 9.17) is 10.00 Å². The van der Waals surface area contributed by atoms with Crippen molar-refractivity contribution in [2.45, 2.75) is 20.3 Å². The highest BCUT2D eigenvalue weighted by molar-refractivity contribution is 5.57. The number of rotatable bonds is 6. The first kappa shape index (κ1) is 13.5. The summed E-state index contributed by atoms with van der Waals surface area (Å²) in [5, 5.41) is 12.3. The monoisotopic (exact) mass is 232 g/mol. The summed E-state index contributed by atoms with van der Waals surface area (Å²) in [5.41, 5.74) is 1.74. The fraction of sp³-hybridized carbons (Fsp3) is 0.500. The number of nitriles is 1. The number of benzene rings is 1. The Morgan fingerprint density at radius 3 is 2.71 bits per heavy atom. The minimum absolute atomic E-state index is 0.151. The Labute approximate surface area is 103 Å². The van der Waals surface area contributed by atoms with Gasteiger partial charge in [-0.3, -0.25) is 0 Å². The van der Waals surface area contributed by atoms with Crippen LogP contribution in [0.2, 0.25) is 0 Å². The fourth-order valence-electron chi connectivity index (χ4n) is 1.54. The van der Waals surface area contributed by atoms with Gasteiger partial charge in [0.1, 0.15) is 6.07 Å². The van der Waals surface area contributed by atoms with E-state index in [1.807, 2.05) is 24.3 Å². The molecule has 0 aliphatic heterocycles. The van der Waals surface area contributed by atoms with Gasteiger partial charge < -0.3 is 10.1 Å². The topological polar surface area (TPSA) is 45.0 Å². The fourth-order valence-corrected chi connectivity index (χ4v) is 1.54. The Balaban J connectivity index is 2.58. The van der Waals surface area contributed by atoms with Crippen molar-refractivity contribution < 1.29 is 4.74 Å². The molecule has 0 unspecified atom stereocenters. The highest BCUT2D eigenvalue weighted by Crippen LogP contribution is 2.22. The van der Waals surface area contributed by atoms with Crippen molar-refractivity contribution in [1.29, 1.82) is 5.26 Å². The smallest absolute Gasteiger partial charge is 0.101 e. The molecule has 3 heteroatoms. The van der Waals surface area contributed by atoms with Crippen LogP contribution >= 0.6 is 0 Å². The Morgan fingerprint density at radius 2 is 2.06 bits per heavy atom. The predicted molar refractivity (Wildman–Crippen MR) is 69.9 cm³/mol. The molecule has 0 amide bonds. The number of anilines is 1. The van der Waals surface area contributed by atoms with Gasteiger partial charge in [0.2, 0.25) is 0 Å². The van der Waals surface area contributed by atoms with E-state index >= 15 is 0 Å². The molecule has 0 aromatic heterocycles. The molecule has 0 spiro atoms. The summed E-state index contributed by atoms with van der Waals surface area (Å²) in [6, 6.07) is 9.76. The van der Waals surface area contributed by atoms with Crippen LogP contribution in [0.1, 0.15) is 25.8 Å². The van der Waals surface area contributed by atoms with E-state index in [0.717, 1.165) is 25.3 Å². The molecular weight excluding hydrogens is 212 g/mol. The molecule has 0 aliphatic rings. The van der Waals surface area contributed by atoms with E-state index in [1.54, 1.807) is 7.11 Å². The third kappa shape index (κ3) is 4.46. The average molecular weight is 232 g/mol. The third-order valence-electron chi connectivity index (χ3n) is 2.79. The average Bonchev–Trinajstić information content (AvgIpc) is 2.34. The first-order chi connectivity index (χ1) is 8.09. The summed E-state index contributed by atoms with van der Waals surface area (Å²) in [6.45, 7) is 5.96. The molecule has 0 bridgehead atoms. The predicted octanol–water partition coefficient (Wildman–Crippen LogP) is 3.03. The second kappa shape index (κ2) is 6.27. The number of hydrogen-bond acceptors (Lipinski definition) is 3. The number of ether oxygens (including phenoxy) is 1. The van der Waals surface area contributed by atoms with Gasteiger partial charge in [-0.25, -0.2) is 0 Å². The van der Waals surface area contributed by atoms with Crippen LogP contribution in [0.5, 0.6) is 0 Å². The molecule has 1 aromatic carbocycles. The number of hydrogen-bond donors (Lipinski definition) is 1. The Morgan fingerprint density at radius 1 is 1.35 bits per heavy atom. The van der Waals surface area contributed by atoms with Crippen LogP contribution in [0.4, 0.5) is 5.69 Å². The lowest BCUT2D eigenvalue weighted by Gasteiger charge is -2.25. The minimum Gasteiger partial charge on any atom is -0.385 e. The van der Waals surface area contributed by atoms with Gasteiger partial charge in [-0.1, -0.05) is 26.0 Å². The summed E-state index contributed by atoms with van der Waals surface area (Å²) in [4.78, 5) is 0. The normalized spacial score (nSPS) is 10.9. The molecule has 0 fully saturated rings.